The number of benzene rings is 4. The third kappa shape index (κ3) is 8.72. The van der Waals surface area contributed by atoms with Crippen LogP contribution in [0.1, 0.15) is 81.0 Å². The van der Waals surface area contributed by atoms with Crippen LogP contribution in [0.4, 0.5) is 0 Å². The third-order valence-corrected chi connectivity index (χ3v) is 12.7. The average molecular weight is 763 g/mol. The Kier molecular flexibility index (Phi) is 12.6. The summed E-state index contributed by atoms with van der Waals surface area (Å²) in [6.07, 6.45) is 16.7. The van der Waals surface area contributed by atoms with E-state index in [1.54, 1.807) is 44.1 Å². The molecule has 5 aliphatic rings. The minimum Gasteiger partial charge on any atom is -1.00 e. The SMILES string of the molecule is CC1=[C-]C(C)C=C1CC12CC3CC(CC(C3)C1)C2.Cc1ccc([C](=[Zr+2])c2ccc(C)cc2)cc1.[Cl-].[Cl-].c1ccc2c(c1)[cH-]c1ccccc12. The van der Waals surface area contributed by atoms with Gasteiger partial charge in [-0.05, 0) is 61.7 Å². The molecule has 4 fully saturated rings. The van der Waals surface area contributed by atoms with Crippen molar-refractivity contribution in [3.8, 4) is 0 Å². The zero-order chi connectivity index (χ0) is 32.5. The molecule has 1 unspecified atom stereocenters. The van der Waals surface area contributed by atoms with E-state index in [-0.39, 0.29) is 24.8 Å². The van der Waals surface area contributed by atoms with Gasteiger partial charge in [0.15, 0.2) is 0 Å². The molecule has 10 rings (SSSR count). The minimum atomic E-state index is 0. The van der Waals surface area contributed by atoms with Gasteiger partial charge < -0.3 is 24.8 Å². The molecule has 0 N–H and O–H groups in total. The Bertz CT molecular complexity index is 1810. The Balaban J connectivity index is 0.000000142. The molecule has 0 heterocycles. The molecule has 252 valence electrons. The Morgan fingerprint density at radius 3 is 1.51 bits per heavy atom. The van der Waals surface area contributed by atoms with E-state index < -0.39 is 0 Å². The fraction of sp³-hybridized carbons (Fsp3) is 0.348. The summed E-state index contributed by atoms with van der Waals surface area (Å²) < 4.78 is 1.42. The number of halogens is 2. The van der Waals surface area contributed by atoms with Gasteiger partial charge in [-0.15, -0.1) is 39.7 Å². The number of allylic oxidation sites excluding steroid dienone is 4. The monoisotopic (exact) mass is 760 g/mol. The van der Waals surface area contributed by atoms with Gasteiger partial charge >= 0.3 is 112 Å². The molecule has 4 bridgehead atoms. The van der Waals surface area contributed by atoms with Gasteiger partial charge in [0.2, 0.25) is 0 Å². The van der Waals surface area contributed by atoms with Gasteiger partial charge in [-0.3, -0.25) is 6.08 Å². The second-order valence-corrected chi connectivity index (χ2v) is 16.5. The molecule has 49 heavy (non-hydrogen) atoms. The van der Waals surface area contributed by atoms with Crippen LogP contribution in [0.15, 0.2) is 120 Å². The van der Waals surface area contributed by atoms with Crippen LogP contribution in [-0.4, -0.2) is 3.21 Å². The third-order valence-electron chi connectivity index (χ3n) is 11.3. The maximum absolute atomic E-state index is 3.57. The quantitative estimate of drug-likeness (QED) is 0.196. The van der Waals surface area contributed by atoms with Gasteiger partial charge in [-0.25, -0.2) is 5.57 Å². The Morgan fingerprint density at radius 1 is 0.673 bits per heavy atom. The molecule has 0 nitrogen and oxygen atoms in total. The maximum Gasteiger partial charge on any atom is -0.0771 e. The summed E-state index contributed by atoms with van der Waals surface area (Å²) in [6.45, 7) is 8.79. The molecule has 0 aliphatic heterocycles. The van der Waals surface area contributed by atoms with E-state index in [1.165, 1.54) is 83.2 Å². The first-order valence-electron chi connectivity index (χ1n) is 17.8. The van der Waals surface area contributed by atoms with Crippen LogP contribution in [0.3, 0.4) is 0 Å². The van der Waals surface area contributed by atoms with E-state index in [0.717, 1.165) is 17.8 Å². The number of hydrogen-bond acceptors (Lipinski definition) is 0. The van der Waals surface area contributed by atoms with E-state index in [0.29, 0.717) is 11.3 Å². The molecule has 0 aromatic heterocycles. The summed E-state index contributed by atoms with van der Waals surface area (Å²) in [5, 5.41) is 5.39. The van der Waals surface area contributed by atoms with Crippen molar-refractivity contribution in [1.29, 1.82) is 0 Å². The van der Waals surface area contributed by atoms with Crippen molar-refractivity contribution < 1.29 is 49.0 Å². The number of aryl methyl sites for hydroxylation is 2. The molecule has 3 heteroatoms. The standard InChI is InChI=1S/C18H25.C15H14.C13H9.2ClH.Zr/c1-12-3-13(2)17(4-12)11-18-8-14-5-15(9-18)7-16(6-14)10-18;1-12-3-7-14(8-4-12)11-15-9-5-13(2)6-10-15;1-3-7-12-10(5-1)9-11-6-2-4-8-13(11)12;;;/h4,12,14-16H,5-11H2,1-2H3;3-10H,1-2H3;1-9H;2*1H;/q-1;;-1;;;+2/p-2. The van der Waals surface area contributed by atoms with Crippen LogP contribution in [0, 0.1) is 49.0 Å². The number of hydrogen-bond donors (Lipinski definition) is 0. The van der Waals surface area contributed by atoms with Gasteiger partial charge in [-0.1, -0.05) is 62.6 Å². The van der Waals surface area contributed by atoms with E-state index in [4.69, 9.17) is 0 Å². The van der Waals surface area contributed by atoms with Crippen LogP contribution in [0.5, 0.6) is 0 Å². The van der Waals surface area contributed by atoms with E-state index >= 15 is 0 Å². The largest absolute Gasteiger partial charge is 1.00 e. The van der Waals surface area contributed by atoms with Crippen LogP contribution in [0.2, 0.25) is 0 Å². The van der Waals surface area contributed by atoms with E-state index in [9.17, 15) is 0 Å². The van der Waals surface area contributed by atoms with E-state index in [1.807, 2.05) is 0 Å². The van der Waals surface area contributed by atoms with Crippen molar-refractivity contribution in [2.45, 2.75) is 72.6 Å². The van der Waals surface area contributed by atoms with Gasteiger partial charge in [0.05, 0.1) is 0 Å². The zero-order valence-electron chi connectivity index (χ0n) is 29.4. The molecule has 0 spiro atoms. The molecular formula is C46H48Cl2Zr-2. The number of rotatable bonds is 4. The summed E-state index contributed by atoms with van der Waals surface area (Å²) in [4.78, 5) is 0. The van der Waals surface area contributed by atoms with Gasteiger partial charge in [0, 0.05) is 0 Å². The van der Waals surface area contributed by atoms with Crippen LogP contribution in [-0.2, 0) is 24.2 Å². The fourth-order valence-corrected chi connectivity index (χ4v) is 10.3. The van der Waals surface area contributed by atoms with Crippen molar-refractivity contribution >= 4 is 24.8 Å². The molecule has 5 aliphatic carbocycles. The van der Waals surface area contributed by atoms with Crippen molar-refractivity contribution in [3.63, 3.8) is 0 Å². The summed E-state index contributed by atoms with van der Waals surface area (Å²) in [5.74, 6) is 3.82. The van der Waals surface area contributed by atoms with Gasteiger partial charge in [-0.2, -0.15) is 11.6 Å². The van der Waals surface area contributed by atoms with Crippen LogP contribution >= 0.6 is 0 Å². The second-order valence-electron chi connectivity index (χ2n) is 15.3. The molecular weight excluding hydrogens is 715 g/mol. The molecule has 0 saturated heterocycles. The molecule has 0 amide bonds. The Hall–Kier alpha value is -2.44. The first kappa shape index (κ1) is 37.8. The van der Waals surface area contributed by atoms with Crippen LogP contribution < -0.4 is 24.8 Å². The second kappa shape index (κ2) is 16.3. The average Bonchev–Trinajstić information content (AvgIpc) is 3.59. The van der Waals surface area contributed by atoms with Crippen molar-refractivity contribution in [2.24, 2.45) is 29.1 Å². The summed E-state index contributed by atoms with van der Waals surface area (Å²) in [5.41, 5.74) is 9.11. The molecule has 4 saturated carbocycles. The summed E-state index contributed by atoms with van der Waals surface area (Å²) >= 11 is 1.46. The minimum absolute atomic E-state index is 0. The first-order valence-corrected chi connectivity index (χ1v) is 19.0. The topological polar surface area (TPSA) is 0 Å². The fourth-order valence-electron chi connectivity index (χ4n) is 9.52. The Morgan fingerprint density at radius 2 is 1.10 bits per heavy atom. The first-order chi connectivity index (χ1) is 22.7. The van der Waals surface area contributed by atoms with Gasteiger partial charge in [0.25, 0.3) is 0 Å². The molecule has 1 atom stereocenters. The smallest absolute Gasteiger partial charge is 0.0771 e. The molecule has 5 aromatic rings. The summed E-state index contributed by atoms with van der Waals surface area (Å²) in [7, 11) is 0. The predicted molar refractivity (Wildman–Crippen MR) is 198 cm³/mol. The summed E-state index contributed by atoms with van der Waals surface area (Å²) in [6, 6.07) is 36.8. The number of fused-ring (bicyclic) bond motifs is 3. The normalized spacial score (nSPS) is 24.4. The predicted octanol–water partition coefficient (Wildman–Crippen LogP) is 6.06. The maximum atomic E-state index is 3.57. The van der Waals surface area contributed by atoms with Crippen molar-refractivity contribution in [3.05, 3.63) is 149 Å². The van der Waals surface area contributed by atoms with Crippen molar-refractivity contribution in [2.75, 3.05) is 0 Å². The van der Waals surface area contributed by atoms with Crippen molar-refractivity contribution in [1.82, 2.24) is 0 Å². The van der Waals surface area contributed by atoms with Crippen LogP contribution in [0.25, 0.3) is 21.5 Å². The van der Waals surface area contributed by atoms with Gasteiger partial charge in [0.1, 0.15) is 0 Å². The Labute approximate surface area is 322 Å². The molecule has 5 aromatic carbocycles. The molecule has 0 radical (unpaired) electrons. The zero-order valence-corrected chi connectivity index (χ0v) is 33.4. The van der Waals surface area contributed by atoms with E-state index in [2.05, 4.69) is 143 Å².